The van der Waals surface area contributed by atoms with Crippen molar-refractivity contribution in [3.8, 4) is 0 Å². The zero-order chi connectivity index (χ0) is 7.70. The second kappa shape index (κ2) is 16.0. The third-order valence-electron chi connectivity index (χ3n) is 0.498. The smallest absolute Gasteiger partial charge is 0.854 e. The number of hydrogen-bond donors (Lipinski definition) is 1. The van der Waals surface area contributed by atoms with E-state index in [-0.39, 0.29) is 29.7 Å². The van der Waals surface area contributed by atoms with E-state index in [1.54, 1.807) is 0 Å². The molecule has 1 N–H and O–H groups in total. The molecule has 0 unspecified atom stereocenters. The molecule has 10 heavy (non-hydrogen) atoms. The Balaban J connectivity index is -0.0000000910. The van der Waals surface area contributed by atoms with Crippen molar-refractivity contribution in [1.29, 1.82) is 0 Å². The van der Waals surface area contributed by atoms with Crippen LogP contribution in [0.1, 0.15) is 19.8 Å². The van der Waals surface area contributed by atoms with Gasteiger partial charge in [0.15, 0.2) is 0 Å². The van der Waals surface area contributed by atoms with Gasteiger partial charge in [0.05, 0.1) is 0 Å². The van der Waals surface area contributed by atoms with Crippen LogP contribution in [0.2, 0.25) is 0 Å². The minimum Gasteiger partial charge on any atom is -0.854 e. The van der Waals surface area contributed by atoms with Crippen LogP contribution in [0.15, 0.2) is 0 Å². The standard InChI is InChI=1S/C4H9O.CH2O3.Mg/c1-2-3-4-5;2-1(3)4;/h2-4H2,1H3;(H2,2,3,4);/q-1;;+2/p-1. The molecule has 0 spiro atoms. The molecule has 0 heterocycles. The molecule has 0 aromatic rings. The molecule has 0 saturated carbocycles. The van der Waals surface area contributed by atoms with Gasteiger partial charge in [-0.25, -0.2) is 0 Å². The van der Waals surface area contributed by atoms with Gasteiger partial charge in [-0.15, -0.1) is 6.61 Å². The molecule has 0 aliphatic heterocycles. The topological polar surface area (TPSA) is 83.4 Å². The molecule has 0 aliphatic rings. The molecule has 0 fully saturated rings. The van der Waals surface area contributed by atoms with Crippen LogP contribution in [0.5, 0.6) is 0 Å². The first-order chi connectivity index (χ1) is 4.15. The zero-order valence-electron chi connectivity index (χ0n) is 6.00. The molecule has 0 saturated heterocycles. The first-order valence-electron chi connectivity index (χ1n) is 2.63. The Hall–Kier alpha value is -0.00377. The van der Waals surface area contributed by atoms with Crippen molar-refractivity contribution < 1.29 is 20.1 Å². The van der Waals surface area contributed by atoms with Crippen LogP contribution in [-0.2, 0) is 0 Å². The summed E-state index contributed by atoms with van der Waals surface area (Å²) in [4.78, 5) is 8.44. The minimum absolute atomic E-state index is 0. The second-order valence-corrected chi connectivity index (χ2v) is 1.32. The van der Waals surface area contributed by atoms with Crippen molar-refractivity contribution in [2.45, 2.75) is 19.8 Å². The predicted molar refractivity (Wildman–Crippen MR) is 33.6 cm³/mol. The van der Waals surface area contributed by atoms with E-state index in [0.717, 1.165) is 12.8 Å². The second-order valence-electron chi connectivity index (χ2n) is 1.32. The Bertz CT molecular complexity index is 60.7. The summed E-state index contributed by atoms with van der Waals surface area (Å²) in [5, 5.41) is 24.8. The van der Waals surface area contributed by atoms with Gasteiger partial charge in [-0.2, -0.15) is 0 Å². The number of unbranched alkanes of at least 4 members (excludes halogenated alkanes) is 1. The number of carboxylic acid groups (broad SMARTS) is 2. The Morgan fingerprint density at radius 2 is 1.90 bits per heavy atom. The van der Waals surface area contributed by atoms with Crippen LogP contribution in [-0.4, -0.2) is 40.9 Å². The molecule has 0 aromatic carbocycles. The van der Waals surface area contributed by atoms with Gasteiger partial charge in [-0.1, -0.05) is 19.8 Å². The summed E-state index contributed by atoms with van der Waals surface area (Å²) < 4.78 is 0. The maximum Gasteiger partial charge on any atom is 2.00 e. The number of rotatable bonds is 2. The average Bonchev–Trinajstić information content (AvgIpc) is 1.66. The molecular formula is C5H10MgO4. The Morgan fingerprint density at radius 3 is 1.90 bits per heavy atom. The van der Waals surface area contributed by atoms with Crippen LogP contribution >= 0.6 is 0 Å². The maximum atomic E-state index is 9.53. The van der Waals surface area contributed by atoms with Gasteiger partial charge in [-0.05, 0) is 0 Å². The van der Waals surface area contributed by atoms with E-state index in [9.17, 15) is 5.11 Å². The van der Waals surface area contributed by atoms with Crippen molar-refractivity contribution in [1.82, 2.24) is 0 Å². The van der Waals surface area contributed by atoms with Crippen LogP contribution in [0, 0.1) is 0 Å². The van der Waals surface area contributed by atoms with Crippen molar-refractivity contribution in [2.24, 2.45) is 0 Å². The maximum absolute atomic E-state index is 9.53. The molecule has 0 aromatic heterocycles. The zero-order valence-corrected chi connectivity index (χ0v) is 7.41. The van der Waals surface area contributed by atoms with Crippen LogP contribution in [0.3, 0.4) is 0 Å². The van der Waals surface area contributed by atoms with E-state index in [4.69, 9.17) is 15.0 Å². The van der Waals surface area contributed by atoms with Gasteiger partial charge in [0.25, 0.3) is 0 Å². The Kier molecular flexibility index (Phi) is 26.4. The van der Waals surface area contributed by atoms with Crippen LogP contribution in [0.25, 0.3) is 0 Å². The summed E-state index contributed by atoms with van der Waals surface area (Å²) in [5.41, 5.74) is 0. The van der Waals surface area contributed by atoms with E-state index < -0.39 is 6.16 Å². The summed E-state index contributed by atoms with van der Waals surface area (Å²) in [6.07, 6.45) is -0.219. The van der Waals surface area contributed by atoms with E-state index in [1.165, 1.54) is 0 Å². The van der Waals surface area contributed by atoms with Gasteiger partial charge < -0.3 is 20.1 Å². The van der Waals surface area contributed by atoms with E-state index >= 15 is 0 Å². The SMILES string of the molecule is CCCC[O-].O=C([O-])O.[Mg+2]. The van der Waals surface area contributed by atoms with Gasteiger partial charge in [0.1, 0.15) is 0 Å². The van der Waals surface area contributed by atoms with Gasteiger partial charge in [0, 0.05) is 0 Å². The predicted octanol–water partition coefficient (Wildman–Crippen LogP) is -1.35. The van der Waals surface area contributed by atoms with E-state index in [0.29, 0.717) is 0 Å². The number of carbonyl (C=O) groups is 1. The fourth-order valence-corrected chi connectivity index (χ4v) is 0.144. The third-order valence-corrected chi connectivity index (χ3v) is 0.498. The van der Waals surface area contributed by atoms with Gasteiger partial charge >= 0.3 is 23.1 Å². The Morgan fingerprint density at radius 1 is 1.60 bits per heavy atom. The molecule has 0 bridgehead atoms. The molecule has 0 atom stereocenters. The molecule has 0 radical (unpaired) electrons. The monoisotopic (exact) mass is 158 g/mol. The van der Waals surface area contributed by atoms with Gasteiger partial charge in [0.2, 0.25) is 6.16 Å². The first-order valence-corrected chi connectivity index (χ1v) is 2.63. The first kappa shape index (κ1) is 16.5. The molecule has 56 valence electrons. The third kappa shape index (κ3) is 98.2. The number of hydrogen-bond acceptors (Lipinski definition) is 3. The van der Waals surface area contributed by atoms with Crippen molar-refractivity contribution >= 4 is 29.2 Å². The van der Waals surface area contributed by atoms with Gasteiger partial charge in [-0.3, -0.25) is 0 Å². The quantitative estimate of drug-likeness (QED) is 0.504. The van der Waals surface area contributed by atoms with Crippen LogP contribution < -0.4 is 10.2 Å². The fraction of sp³-hybridized carbons (Fsp3) is 0.800. The molecule has 0 aliphatic carbocycles. The van der Waals surface area contributed by atoms with Crippen molar-refractivity contribution in [3.05, 3.63) is 0 Å². The van der Waals surface area contributed by atoms with E-state index in [2.05, 4.69) is 0 Å². The molecule has 4 nitrogen and oxygen atoms in total. The Labute approximate surface area is 76.0 Å². The summed E-state index contributed by atoms with van der Waals surface area (Å²) >= 11 is 0. The molecule has 0 amide bonds. The molecular weight excluding hydrogens is 148 g/mol. The summed E-state index contributed by atoms with van der Waals surface area (Å²) in [6, 6.07) is 0. The van der Waals surface area contributed by atoms with Crippen molar-refractivity contribution in [3.63, 3.8) is 0 Å². The minimum atomic E-state index is -2.08. The average molecular weight is 158 g/mol. The summed E-state index contributed by atoms with van der Waals surface area (Å²) in [6.45, 7) is 2.11. The molecule has 0 rings (SSSR count). The largest absolute Gasteiger partial charge is 2.00 e. The molecule has 5 heteroatoms. The van der Waals surface area contributed by atoms with Crippen LogP contribution in [0.4, 0.5) is 4.79 Å². The van der Waals surface area contributed by atoms with E-state index in [1.807, 2.05) is 6.92 Å². The summed E-state index contributed by atoms with van der Waals surface area (Å²) in [5.74, 6) is 0. The fourth-order valence-electron chi connectivity index (χ4n) is 0.144. The van der Waals surface area contributed by atoms with Crippen molar-refractivity contribution in [2.75, 3.05) is 6.61 Å². The summed E-state index contributed by atoms with van der Waals surface area (Å²) in [7, 11) is 0. The normalized spacial score (nSPS) is 6.60.